The van der Waals surface area contributed by atoms with E-state index in [1.165, 1.54) is 12.1 Å². The molecule has 0 saturated carbocycles. The highest BCUT2D eigenvalue weighted by molar-refractivity contribution is 9.10. The van der Waals surface area contributed by atoms with Crippen LogP contribution in [0.15, 0.2) is 46.9 Å². The van der Waals surface area contributed by atoms with Gasteiger partial charge in [0, 0.05) is 17.5 Å². The third-order valence-corrected chi connectivity index (χ3v) is 4.38. The first-order valence-electron chi connectivity index (χ1n) is 6.95. The molecule has 0 aliphatic heterocycles. The Hall–Kier alpha value is -1.26. The van der Waals surface area contributed by atoms with Crippen molar-refractivity contribution in [2.75, 3.05) is 7.05 Å². The zero-order valence-corrected chi connectivity index (χ0v) is 13.6. The fraction of sp³-hybridized carbons (Fsp3) is 0.294. The lowest BCUT2D eigenvalue weighted by atomic mass is 9.85. The monoisotopic (exact) mass is 353 g/mol. The van der Waals surface area contributed by atoms with Crippen LogP contribution in [0, 0.1) is 11.6 Å². The van der Waals surface area contributed by atoms with Crippen LogP contribution >= 0.6 is 15.9 Å². The summed E-state index contributed by atoms with van der Waals surface area (Å²) in [4.78, 5) is 0. The Labute approximate surface area is 132 Å². The second-order valence-corrected chi connectivity index (χ2v) is 5.80. The van der Waals surface area contributed by atoms with Gasteiger partial charge in [-0.05, 0) is 47.1 Å². The number of benzene rings is 2. The lowest BCUT2D eigenvalue weighted by Gasteiger charge is -2.27. The maximum Gasteiger partial charge on any atom is 0.145 e. The number of hydrogen-bond acceptors (Lipinski definition) is 1. The van der Waals surface area contributed by atoms with E-state index in [2.05, 4.69) is 21.2 Å². The number of halogens is 3. The third-order valence-electron chi connectivity index (χ3n) is 3.77. The van der Waals surface area contributed by atoms with Crippen LogP contribution in [-0.2, 0) is 0 Å². The Bertz CT molecular complexity index is 601. The van der Waals surface area contributed by atoms with E-state index in [4.69, 9.17) is 0 Å². The maximum atomic E-state index is 14.4. The van der Waals surface area contributed by atoms with Crippen molar-refractivity contribution in [1.29, 1.82) is 0 Å². The zero-order valence-electron chi connectivity index (χ0n) is 12.0. The molecule has 2 aromatic carbocycles. The smallest absolute Gasteiger partial charge is 0.145 e. The van der Waals surface area contributed by atoms with E-state index in [9.17, 15) is 8.78 Å². The molecule has 2 atom stereocenters. The molecule has 0 saturated heterocycles. The SMILES string of the molecule is CCC(c1ccccc1)C(NC)c1c(F)ccc(Br)c1F. The van der Waals surface area contributed by atoms with Gasteiger partial charge in [0.1, 0.15) is 11.6 Å². The minimum Gasteiger partial charge on any atom is -0.312 e. The molecular formula is C17H18BrF2N. The summed E-state index contributed by atoms with van der Waals surface area (Å²) in [5.74, 6) is -1.07. The van der Waals surface area contributed by atoms with E-state index in [1.54, 1.807) is 7.05 Å². The topological polar surface area (TPSA) is 12.0 Å². The summed E-state index contributed by atoms with van der Waals surface area (Å²) in [6.07, 6.45) is 0.779. The Morgan fingerprint density at radius 3 is 2.33 bits per heavy atom. The highest BCUT2D eigenvalue weighted by Crippen LogP contribution is 2.37. The molecule has 0 spiro atoms. The average Bonchev–Trinajstić information content (AvgIpc) is 2.51. The Kier molecular flexibility index (Phi) is 5.48. The Balaban J connectivity index is 2.51. The van der Waals surface area contributed by atoms with Gasteiger partial charge in [0.25, 0.3) is 0 Å². The fourth-order valence-corrected chi connectivity index (χ4v) is 3.08. The van der Waals surface area contributed by atoms with Gasteiger partial charge in [-0.2, -0.15) is 0 Å². The lowest BCUT2D eigenvalue weighted by Crippen LogP contribution is -2.26. The van der Waals surface area contributed by atoms with E-state index in [0.29, 0.717) is 0 Å². The van der Waals surface area contributed by atoms with Crippen molar-refractivity contribution in [2.24, 2.45) is 0 Å². The Morgan fingerprint density at radius 2 is 1.76 bits per heavy atom. The molecule has 1 N–H and O–H groups in total. The minimum atomic E-state index is -0.538. The van der Waals surface area contributed by atoms with Crippen LogP contribution in [0.2, 0.25) is 0 Å². The lowest BCUT2D eigenvalue weighted by molar-refractivity contribution is 0.422. The van der Waals surface area contributed by atoms with Gasteiger partial charge in [0.2, 0.25) is 0 Å². The van der Waals surface area contributed by atoms with E-state index < -0.39 is 17.7 Å². The van der Waals surface area contributed by atoms with Crippen molar-refractivity contribution in [3.8, 4) is 0 Å². The van der Waals surface area contributed by atoms with Crippen molar-refractivity contribution >= 4 is 15.9 Å². The van der Waals surface area contributed by atoms with Gasteiger partial charge < -0.3 is 5.32 Å². The molecule has 2 rings (SSSR count). The average molecular weight is 354 g/mol. The molecule has 0 fully saturated rings. The molecule has 21 heavy (non-hydrogen) atoms. The molecule has 0 bridgehead atoms. The van der Waals surface area contributed by atoms with E-state index in [-0.39, 0.29) is 16.0 Å². The number of rotatable bonds is 5. The third kappa shape index (κ3) is 3.33. The zero-order chi connectivity index (χ0) is 15.4. The van der Waals surface area contributed by atoms with Crippen molar-refractivity contribution in [3.63, 3.8) is 0 Å². The second-order valence-electron chi connectivity index (χ2n) is 4.95. The molecule has 2 unspecified atom stereocenters. The van der Waals surface area contributed by atoms with Gasteiger partial charge >= 0.3 is 0 Å². The molecule has 4 heteroatoms. The molecule has 0 aliphatic rings. The first-order chi connectivity index (χ1) is 10.1. The number of nitrogens with one attached hydrogen (secondary N) is 1. The summed E-state index contributed by atoms with van der Waals surface area (Å²) >= 11 is 3.14. The highest BCUT2D eigenvalue weighted by atomic mass is 79.9. The van der Waals surface area contributed by atoms with Crippen LogP contribution in [0.25, 0.3) is 0 Å². The summed E-state index contributed by atoms with van der Waals surface area (Å²) in [6, 6.07) is 12.1. The van der Waals surface area contributed by atoms with Crippen LogP contribution in [0.5, 0.6) is 0 Å². The van der Waals surface area contributed by atoms with Gasteiger partial charge in [-0.15, -0.1) is 0 Å². The minimum absolute atomic E-state index is 0.00509. The predicted octanol–water partition coefficient (Wildman–Crippen LogP) is 5.18. The first-order valence-corrected chi connectivity index (χ1v) is 7.75. The van der Waals surface area contributed by atoms with Gasteiger partial charge in [0.05, 0.1) is 4.47 Å². The van der Waals surface area contributed by atoms with Gasteiger partial charge in [-0.25, -0.2) is 8.78 Å². The standard InChI is InChI=1S/C17H18BrF2N/c1-3-12(11-7-5-4-6-8-11)17(21-2)15-14(19)10-9-13(18)16(15)20/h4-10,12,17,21H,3H2,1-2H3. The highest BCUT2D eigenvalue weighted by Gasteiger charge is 2.28. The van der Waals surface area contributed by atoms with Crippen molar-refractivity contribution in [2.45, 2.75) is 25.3 Å². The molecule has 0 radical (unpaired) electrons. The van der Waals surface area contributed by atoms with Crippen molar-refractivity contribution in [1.82, 2.24) is 5.32 Å². The van der Waals surface area contributed by atoms with E-state index in [0.717, 1.165) is 12.0 Å². The summed E-state index contributed by atoms with van der Waals surface area (Å²) in [5.41, 5.74) is 1.15. The number of hydrogen-bond donors (Lipinski definition) is 1. The van der Waals surface area contributed by atoms with Crippen LogP contribution < -0.4 is 5.32 Å². The van der Waals surface area contributed by atoms with E-state index >= 15 is 0 Å². The second kappa shape index (κ2) is 7.14. The van der Waals surface area contributed by atoms with Crippen LogP contribution in [0.1, 0.15) is 36.4 Å². The summed E-state index contributed by atoms with van der Waals surface area (Å²) < 4.78 is 28.8. The summed E-state index contributed by atoms with van der Waals surface area (Å²) in [7, 11) is 1.73. The van der Waals surface area contributed by atoms with Crippen molar-refractivity contribution < 1.29 is 8.78 Å². The summed E-state index contributed by atoms with van der Waals surface area (Å²) in [5, 5.41) is 3.08. The summed E-state index contributed by atoms with van der Waals surface area (Å²) in [6.45, 7) is 2.02. The van der Waals surface area contributed by atoms with Crippen LogP contribution in [0.4, 0.5) is 8.78 Å². The number of likely N-dealkylation sites (N-methyl/N-ethyl adjacent to an activating group) is 1. The fourth-order valence-electron chi connectivity index (χ4n) is 2.74. The predicted molar refractivity (Wildman–Crippen MR) is 85.3 cm³/mol. The molecular weight excluding hydrogens is 336 g/mol. The van der Waals surface area contributed by atoms with Crippen LogP contribution in [0.3, 0.4) is 0 Å². The molecule has 0 amide bonds. The van der Waals surface area contributed by atoms with E-state index in [1.807, 2.05) is 37.3 Å². The molecule has 1 nitrogen and oxygen atoms in total. The first kappa shape index (κ1) is 16.1. The Morgan fingerprint density at radius 1 is 1.10 bits per heavy atom. The quantitative estimate of drug-likeness (QED) is 0.730. The normalized spacial score (nSPS) is 14.0. The largest absolute Gasteiger partial charge is 0.312 e. The molecule has 0 aromatic heterocycles. The molecule has 0 heterocycles. The van der Waals surface area contributed by atoms with Crippen LogP contribution in [-0.4, -0.2) is 7.05 Å². The molecule has 0 aliphatic carbocycles. The van der Waals surface area contributed by atoms with Gasteiger partial charge in [-0.1, -0.05) is 37.3 Å². The van der Waals surface area contributed by atoms with Gasteiger partial charge in [-0.3, -0.25) is 0 Å². The maximum absolute atomic E-state index is 14.4. The van der Waals surface area contributed by atoms with Crippen molar-refractivity contribution in [3.05, 3.63) is 69.7 Å². The van der Waals surface area contributed by atoms with Gasteiger partial charge in [0.15, 0.2) is 0 Å². The molecule has 112 valence electrons. The molecule has 2 aromatic rings.